The number of H-pyrrole nitrogens is 1. The maximum atomic E-state index is 4.17. The standard InChI is InChI=1S/C11H21N3/c1-3-4-10(2)9-12-6-5-11-13-7-8-14-11/h7-8,10,12H,3-6,9H2,1-2H3,(H,13,14). The molecular formula is C11H21N3. The van der Waals surface area contributed by atoms with Crippen LogP contribution in [0, 0.1) is 5.92 Å². The third-order valence-electron chi connectivity index (χ3n) is 2.37. The number of rotatable bonds is 7. The van der Waals surface area contributed by atoms with Gasteiger partial charge in [-0.1, -0.05) is 20.3 Å². The number of aromatic amines is 1. The fraction of sp³-hybridized carbons (Fsp3) is 0.727. The largest absolute Gasteiger partial charge is 0.349 e. The molecule has 0 aliphatic heterocycles. The molecule has 1 atom stereocenters. The van der Waals surface area contributed by atoms with Gasteiger partial charge >= 0.3 is 0 Å². The van der Waals surface area contributed by atoms with Crippen molar-refractivity contribution in [3.63, 3.8) is 0 Å². The molecule has 0 fully saturated rings. The second kappa shape index (κ2) is 6.60. The zero-order chi connectivity index (χ0) is 10.2. The minimum absolute atomic E-state index is 0.789. The first-order valence-corrected chi connectivity index (χ1v) is 5.52. The summed E-state index contributed by atoms with van der Waals surface area (Å²) in [5, 5.41) is 3.45. The molecule has 80 valence electrons. The highest BCUT2D eigenvalue weighted by molar-refractivity contribution is 4.87. The van der Waals surface area contributed by atoms with Gasteiger partial charge < -0.3 is 10.3 Å². The molecule has 3 heteroatoms. The average molecular weight is 195 g/mol. The fourth-order valence-corrected chi connectivity index (χ4v) is 1.58. The molecule has 0 spiro atoms. The summed E-state index contributed by atoms with van der Waals surface area (Å²) in [6.07, 6.45) is 7.25. The van der Waals surface area contributed by atoms with Crippen LogP contribution in [-0.2, 0) is 6.42 Å². The van der Waals surface area contributed by atoms with Gasteiger partial charge in [0.05, 0.1) is 0 Å². The number of nitrogens with zero attached hydrogens (tertiary/aromatic N) is 1. The summed E-state index contributed by atoms with van der Waals surface area (Å²) in [5.41, 5.74) is 0. The van der Waals surface area contributed by atoms with E-state index in [-0.39, 0.29) is 0 Å². The predicted molar refractivity (Wildman–Crippen MR) is 59.2 cm³/mol. The van der Waals surface area contributed by atoms with Gasteiger partial charge in [0.1, 0.15) is 5.82 Å². The summed E-state index contributed by atoms with van der Waals surface area (Å²) in [7, 11) is 0. The maximum Gasteiger partial charge on any atom is 0.107 e. The van der Waals surface area contributed by atoms with Crippen molar-refractivity contribution < 1.29 is 0 Å². The predicted octanol–water partition coefficient (Wildman–Crippen LogP) is 1.98. The Morgan fingerprint density at radius 2 is 2.43 bits per heavy atom. The van der Waals surface area contributed by atoms with E-state index in [2.05, 4.69) is 29.1 Å². The number of nitrogens with one attached hydrogen (secondary N) is 2. The minimum atomic E-state index is 0.789. The first kappa shape index (κ1) is 11.2. The average Bonchev–Trinajstić information content (AvgIpc) is 2.65. The van der Waals surface area contributed by atoms with Crippen LogP contribution in [0.4, 0.5) is 0 Å². The molecule has 0 radical (unpaired) electrons. The lowest BCUT2D eigenvalue weighted by Gasteiger charge is -2.10. The second-order valence-electron chi connectivity index (χ2n) is 3.88. The zero-order valence-corrected chi connectivity index (χ0v) is 9.21. The highest BCUT2D eigenvalue weighted by Gasteiger charge is 1.99. The Morgan fingerprint density at radius 3 is 3.07 bits per heavy atom. The van der Waals surface area contributed by atoms with Crippen molar-refractivity contribution in [2.75, 3.05) is 13.1 Å². The molecular weight excluding hydrogens is 174 g/mol. The Balaban J connectivity index is 1.99. The van der Waals surface area contributed by atoms with E-state index < -0.39 is 0 Å². The summed E-state index contributed by atoms with van der Waals surface area (Å²) in [4.78, 5) is 7.27. The summed E-state index contributed by atoms with van der Waals surface area (Å²) in [5.74, 6) is 1.86. The molecule has 1 heterocycles. The van der Waals surface area contributed by atoms with Crippen LogP contribution in [0.25, 0.3) is 0 Å². The van der Waals surface area contributed by atoms with Gasteiger partial charge in [0.15, 0.2) is 0 Å². The number of aromatic nitrogens is 2. The van der Waals surface area contributed by atoms with Gasteiger partial charge in [-0.2, -0.15) is 0 Å². The molecule has 0 amide bonds. The summed E-state index contributed by atoms with van der Waals surface area (Å²) < 4.78 is 0. The summed E-state index contributed by atoms with van der Waals surface area (Å²) in [6, 6.07) is 0. The van der Waals surface area contributed by atoms with Crippen molar-refractivity contribution in [1.82, 2.24) is 15.3 Å². The Hall–Kier alpha value is -0.830. The van der Waals surface area contributed by atoms with Gasteiger partial charge in [-0.15, -0.1) is 0 Å². The summed E-state index contributed by atoms with van der Waals surface area (Å²) >= 11 is 0. The molecule has 0 saturated heterocycles. The summed E-state index contributed by atoms with van der Waals surface area (Å²) in [6.45, 7) is 6.67. The van der Waals surface area contributed by atoms with Crippen LogP contribution in [0.1, 0.15) is 32.5 Å². The van der Waals surface area contributed by atoms with Gasteiger partial charge in [0.2, 0.25) is 0 Å². The molecule has 0 aliphatic rings. The minimum Gasteiger partial charge on any atom is -0.349 e. The van der Waals surface area contributed by atoms with Crippen LogP contribution in [0.3, 0.4) is 0 Å². The quantitative estimate of drug-likeness (QED) is 0.653. The van der Waals surface area contributed by atoms with E-state index in [0.29, 0.717) is 0 Å². The second-order valence-corrected chi connectivity index (χ2v) is 3.88. The lowest BCUT2D eigenvalue weighted by Crippen LogP contribution is -2.23. The zero-order valence-electron chi connectivity index (χ0n) is 9.21. The van der Waals surface area contributed by atoms with Crippen molar-refractivity contribution in [2.24, 2.45) is 5.92 Å². The maximum absolute atomic E-state index is 4.17. The molecule has 3 nitrogen and oxygen atoms in total. The lowest BCUT2D eigenvalue weighted by atomic mass is 10.1. The van der Waals surface area contributed by atoms with E-state index in [4.69, 9.17) is 0 Å². The Labute approximate surface area is 86.3 Å². The molecule has 14 heavy (non-hydrogen) atoms. The van der Waals surface area contributed by atoms with Crippen LogP contribution < -0.4 is 5.32 Å². The van der Waals surface area contributed by atoms with Crippen LogP contribution in [0.15, 0.2) is 12.4 Å². The molecule has 0 saturated carbocycles. The van der Waals surface area contributed by atoms with E-state index in [9.17, 15) is 0 Å². The molecule has 2 N–H and O–H groups in total. The van der Waals surface area contributed by atoms with Gasteiger partial charge in [0, 0.05) is 25.4 Å². The Morgan fingerprint density at radius 1 is 1.57 bits per heavy atom. The number of hydrogen-bond donors (Lipinski definition) is 2. The molecule has 0 bridgehead atoms. The van der Waals surface area contributed by atoms with Crippen molar-refractivity contribution in [3.8, 4) is 0 Å². The molecule has 1 aromatic rings. The number of imidazole rings is 1. The fourth-order valence-electron chi connectivity index (χ4n) is 1.58. The van der Waals surface area contributed by atoms with Crippen molar-refractivity contribution in [2.45, 2.75) is 33.1 Å². The van der Waals surface area contributed by atoms with E-state index in [1.807, 2.05) is 6.20 Å². The molecule has 1 rings (SSSR count). The van der Waals surface area contributed by atoms with E-state index in [1.54, 1.807) is 6.20 Å². The van der Waals surface area contributed by atoms with Crippen LogP contribution in [0.5, 0.6) is 0 Å². The lowest BCUT2D eigenvalue weighted by molar-refractivity contribution is 0.477. The Bertz CT molecular complexity index is 218. The molecule has 1 aromatic heterocycles. The highest BCUT2D eigenvalue weighted by Crippen LogP contribution is 2.02. The van der Waals surface area contributed by atoms with Crippen molar-refractivity contribution in [3.05, 3.63) is 18.2 Å². The molecule has 0 aliphatic carbocycles. The molecule has 0 aromatic carbocycles. The topological polar surface area (TPSA) is 40.7 Å². The first-order chi connectivity index (χ1) is 6.83. The van der Waals surface area contributed by atoms with Crippen LogP contribution in [0.2, 0.25) is 0 Å². The van der Waals surface area contributed by atoms with Gasteiger partial charge in [0.25, 0.3) is 0 Å². The Kier molecular flexibility index (Phi) is 5.30. The third-order valence-corrected chi connectivity index (χ3v) is 2.37. The monoisotopic (exact) mass is 195 g/mol. The van der Waals surface area contributed by atoms with E-state index >= 15 is 0 Å². The van der Waals surface area contributed by atoms with Gasteiger partial charge in [-0.05, 0) is 18.9 Å². The SMILES string of the molecule is CCCC(C)CNCCc1ncc[nH]1. The first-order valence-electron chi connectivity index (χ1n) is 5.52. The van der Waals surface area contributed by atoms with E-state index in [1.165, 1.54) is 12.8 Å². The van der Waals surface area contributed by atoms with Crippen molar-refractivity contribution in [1.29, 1.82) is 0 Å². The molecule has 1 unspecified atom stereocenters. The van der Waals surface area contributed by atoms with Crippen molar-refractivity contribution >= 4 is 0 Å². The highest BCUT2D eigenvalue weighted by atomic mass is 14.9. The van der Waals surface area contributed by atoms with E-state index in [0.717, 1.165) is 31.3 Å². The number of hydrogen-bond acceptors (Lipinski definition) is 2. The van der Waals surface area contributed by atoms with Gasteiger partial charge in [-0.25, -0.2) is 4.98 Å². The van der Waals surface area contributed by atoms with Gasteiger partial charge in [-0.3, -0.25) is 0 Å². The normalized spacial score (nSPS) is 13.0. The van der Waals surface area contributed by atoms with Crippen LogP contribution >= 0.6 is 0 Å². The van der Waals surface area contributed by atoms with Crippen LogP contribution in [-0.4, -0.2) is 23.1 Å². The smallest absolute Gasteiger partial charge is 0.107 e. The third kappa shape index (κ3) is 4.42.